The highest BCUT2D eigenvalue weighted by atomic mass is 35.5. The Balaban J connectivity index is 2.41. The van der Waals surface area contributed by atoms with Crippen molar-refractivity contribution in [2.45, 2.75) is 19.8 Å². The molecule has 0 aliphatic carbocycles. The second-order valence-corrected chi connectivity index (χ2v) is 5.18. The van der Waals surface area contributed by atoms with E-state index in [0.29, 0.717) is 5.92 Å². The molecule has 3 heteroatoms. The van der Waals surface area contributed by atoms with Crippen molar-refractivity contribution < 1.29 is 9.90 Å². The van der Waals surface area contributed by atoms with Gasteiger partial charge in [0.2, 0.25) is 0 Å². The van der Waals surface area contributed by atoms with Gasteiger partial charge in [-0.3, -0.25) is 0 Å². The number of hydrogen-bond acceptors (Lipinski definition) is 1. The molecule has 0 spiro atoms. The van der Waals surface area contributed by atoms with Gasteiger partial charge in [-0.2, -0.15) is 0 Å². The van der Waals surface area contributed by atoms with Crippen molar-refractivity contribution in [1.29, 1.82) is 0 Å². The molecule has 0 radical (unpaired) electrons. The summed E-state index contributed by atoms with van der Waals surface area (Å²) in [6.07, 6.45) is 0. The van der Waals surface area contributed by atoms with E-state index in [-0.39, 0.29) is 10.6 Å². The van der Waals surface area contributed by atoms with E-state index >= 15 is 0 Å². The minimum absolute atomic E-state index is 0.132. The Hall–Kier alpha value is -1.80. The van der Waals surface area contributed by atoms with Crippen molar-refractivity contribution in [3.05, 3.63) is 58.6 Å². The lowest BCUT2D eigenvalue weighted by Gasteiger charge is -2.08. The van der Waals surface area contributed by atoms with Crippen LogP contribution in [0, 0.1) is 0 Å². The summed E-state index contributed by atoms with van der Waals surface area (Å²) in [4.78, 5) is 11.1. The van der Waals surface area contributed by atoms with Crippen LogP contribution in [-0.2, 0) is 0 Å². The summed E-state index contributed by atoms with van der Waals surface area (Å²) in [5, 5.41) is 9.33. The molecule has 2 rings (SSSR count). The minimum Gasteiger partial charge on any atom is -0.478 e. The Bertz CT molecular complexity index is 601. The van der Waals surface area contributed by atoms with Crippen LogP contribution in [0.4, 0.5) is 0 Å². The number of benzene rings is 2. The number of hydrogen-bond donors (Lipinski definition) is 1. The quantitative estimate of drug-likeness (QED) is 0.870. The Morgan fingerprint density at radius 1 is 1.05 bits per heavy atom. The molecule has 2 aromatic carbocycles. The second-order valence-electron chi connectivity index (χ2n) is 4.78. The molecule has 0 fully saturated rings. The molecule has 0 bridgehead atoms. The van der Waals surface area contributed by atoms with E-state index in [1.165, 1.54) is 5.56 Å². The van der Waals surface area contributed by atoms with Crippen molar-refractivity contribution in [1.82, 2.24) is 0 Å². The molecular weight excluding hydrogens is 260 g/mol. The number of aromatic carboxylic acids is 1. The van der Waals surface area contributed by atoms with E-state index in [0.717, 1.165) is 11.1 Å². The number of rotatable bonds is 3. The van der Waals surface area contributed by atoms with Crippen LogP contribution >= 0.6 is 11.6 Å². The van der Waals surface area contributed by atoms with E-state index in [1.807, 2.05) is 18.2 Å². The van der Waals surface area contributed by atoms with Gasteiger partial charge < -0.3 is 5.11 Å². The number of carboxylic acid groups (broad SMARTS) is 1. The van der Waals surface area contributed by atoms with Gasteiger partial charge in [-0.15, -0.1) is 0 Å². The molecule has 1 N–H and O–H groups in total. The predicted octanol–water partition coefficient (Wildman–Crippen LogP) is 4.83. The molecule has 0 aromatic heterocycles. The standard InChI is InChI=1S/C16H15ClO2/c1-10(2)11-3-5-12(6-4-11)13-7-8-15(17)14(9-13)16(18)19/h3-10H,1-2H3,(H,18,19). The van der Waals surface area contributed by atoms with E-state index in [2.05, 4.69) is 26.0 Å². The van der Waals surface area contributed by atoms with Gasteiger partial charge in [0.05, 0.1) is 10.6 Å². The van der Waals surface area contributed by atoms with Crippen LogP contribution in [0.3, 0.4) is 0 Å². The third-order valence-electron chi connectivity index (χ3n) is 3.11. The summed E-state index contributed by atoms with van der Waals surface area (Å²) in [7, 11) is 0. The van der Waals surface area contributed by atoms with E-state index < -0.39 is 5.97 Å². The normalized spacial score (nSPS) is 10.7. The molecule has 2 nitrogen and oxygen atoms in total. The zero-order valence-electron chi connectivity index (χ0n) is 10.9. The van der Waals surface area contributed by atoms with Crippen molar-refractivity contribution in [2.24, 2.45) is 0 Å². The average molecular weight is 275 g/mol. The number of carbonyl (C=O) groups is 1. The minimum atomic E-state index is -1.01. The van der Waals surface area contributed by atoms with Crippen molar-refractivity contribution in [2.75, 3.05) is 0 Å². The maximum atomic E-state index is 11.1. The maximum Gasteiger partial charge on any atom is 0.337 e. The van der Waals surface area contributed by atoms with Crippen LogP contribution in [0.15, 0.2) is 42.5 Å². The van der Waals surface area contributed by atoms with Crippen LogP contribution in [0.2, 0.25) is 5.02 Å². The Morgan fingerprint density at radius 3 is 2.16 bits per heavy atom. The Morgan fingerprint density at radius 2 is 1.63 bits per heavy atom. The molecule has 19 heavy (non-hydrogen) atoms. The highest BCUT2D eigenvalue weighted by Gasteiger charge is 2.10. The molecule has 98 valence electrons. The molecule has 0 heterocycles. The molecule has 0 aliphatic rings. The second kappa shape index (κ2) is 5.45. The summed E-state index contributed by atoms with van der Waals surface area (Å²) in [5.74, 6) is -0.528. The fourth-order valence-electron chi connectivity index (χ4n) is 1.93. The lowest BCUT2D eigenvalue weighted by Crippen LogP contribution is -1.97. The van der Waals surface area contributed by atoms with Crippen LogP contribution in [0.25, 0.3) is 11.1 Å². The van der Waals surface area contributed by atoms with Gasteiger partial charge in [0, 0.05) is 0 Å². The van der Waals surface area contributed by atoms with E-state index in [1.54, 1.807) is 12.1 Å². The SMILES string of the molecule is CC(C)c1ccc(-c2ccc(Cl)c(C(=O)O)c2)cc1. The Kier molecular flexibility index (Phi) is 3.91. The topological polar surface area (TPSA) is 37.3 Å². The fraction of sp³-hybridized carbons (Fsp3) is 0.188. The van der Waals surface area contributed by atoms with Gasteiger partial charge >= 0.3 is 5.97 Å². The highest BCUT2D eigenvalue weighted by Crippen LogP contribution is 2.26. The summed E-state index contributed by atoms with van der Waals surface area (Å²) < 4.78 is 0. The summed E-state index contributed by atoms with van der Waals surface area (Å²) >= 11 is 5.86. The largest absolute Gasteiger partial charge is 0.478 e. The van der Waals surface area contributed by atoms with Crippen molar-refractivity contribution >= 4 is 17.6 Å². The smallest absolute Gasteiger partial charge is 0.337 e. The Labute approximate surface area is 117 Å². The molecule has 0 saturated heterocycles. The van der Waals surface area contributed by atoms with Crippen LogP contribution in [0.5, 0.6) is 0 Å². The van der Waals surface area contributed by atoms with Gasteiger partial charge in [-0.1, -0.05) is 55.8 Å². The van der Waals surface area contributed by atoms with E-state index in [4.69, 9.17) is 16.7 Å². The van der Waals surface area contributed by atoms with Gasteiger partial charge in [0.15, 0.2) is 0 Å². The van der Waals surface area contributed by atoms with Gasteiger partial charge in [-0.25, -0.2) is 4.79 Å². The van der Waals surface area contributed by atoms with Gasteiger partial charge in [0.1, 0.15) is 0 Å². The molecule has 0 aliphatic heterocycles. The lowest BCUT2D eigenvalue weighted by atomic mass is 9.98. The molecule has 2 aromatic rings. The van der Waals surface area contributed by atoms with Gasteiger partial charge in [-0.05, 0) is 34.7 Å². The number of halogens is 1. The summed E-state index contributed by atoms with van der Waals surface area (Å²) in [5.41, 5.74) is 3.24. The van der Waals surface area contributed by atoms with Crippen molar-refractivity contribution in [3.63, 3.8) is 0 Å². The molecule has 0 atom stereocenters. The fourth-order valence-corrected chi connectivity index (χ4v) is 2.13. The van der Waals surface area contributed by atoms with Crippen LogP contribution in [-0.4, -0.2) is 11.1 Å². The van der Waals surface area contributed by atoms with E-state index in [9.17, 15) is 4.79 Å². The van der Waals surface area contributed by atoms with Gasteiger partial charge in [0.25, 0.3) is 0 Å². The molecule has 0 saturated carbocycles. The van der Waals surface area contributed by atoms with Crippen LogP contribution < -0.4 is 0 Å². The monoisotopic (exact) mass is 274 g/mol. The molecular formula is C16H15ClO2. The molecule has 0 unspecified atom stereocenters. The lowest BCUT2D eigenvalue weighted by molar-refractivity contribution is 0.0697. The first-order chi connectivity index (χ1) is 8.99. The summed E-state index contributed by atoms with van der Waals surface area (Å²) in [6.45, 7) is 4.28. The first-order valence-electron chi connectivity index (χ1n) is 6.12. The highest BCUT2D eigenvalue weighted by molar-refractivity contribution is 6.33. The average Bonchev–Trinajstić information content (AvgIpc) is 2.39. The first-order valence-corrected chi connectivity index (χ1v) is 6.50. The third-order valence-corrected chi connectivity index (χ3v) is 3.44. The maximum absolute atomic E-state index is 11.1. The summed E-state index contributed by atoms with van der Waals surface area (Å²) in [6, 6.07) is 13.2. The molecule has 0 amide bonds. The van der Waals surface area contributed by atoms with Crippen molar-refractivity contribution in [3.8, 4) is 11.1 Å². The predicted molar refractivity (Wildman–Crippen MR) is 77.9 cm³/mol. The number of carboxylic acids is 1. The van der Waals surface area contributed by atoms with Crippen LogP contribution in [0.1, 0.15) is 35.7 Å². The first kappa shape index (κ1) is 13.6. The zero-order chi connectivity index (χ0) is 14.0. The zero-order valence-corrected chi connectivity index (χ0v) is 11.6. The third kappa shape index (κ3) is 2.96.